The number of hydrogen-bond acceptors (Lipinski definition) is 6. The number of carbonyl (C=O) groups is 1. The molecule has 1 aromatic carbocycles. The van der Waals surface area contributed by atoms with Crippen LogP contribution < -0.4 is 5.32 Å². The first-order valence-electron chi connectivity index (χ1n) is 9.81. The molecule has 33 heavy (non-hydrogen) atoms. The molecule has 4 aromatic rings. The van der Waals surface area contributed by atoms with E-state index < -0.39 is 23.1 Å². The topological polar surface area (TPSA) is 98.5 Å². The highest BCUT2D eigenvalue weighted by molar-refractivity contribution is 6.04. The molecule has 5 rings (SSSR count). The standard InChI is InChI=1S/C21H15F4N7O/c1-20(2)15-17(28-19(20)33)27-16(30-29-15)14-11-7-8-13(21(23,24)25)26-18(11)32(31-14)9-10-5-3-4-6-12(10)22/h3-8H,9H2,1-2H3,(H,27,28,30,33). The second-order valence-corrected chi connectivity index (χ2v) is 8.07. The maximum absolute atomic E-state index is 14.2. The molecule has 0 bridgehead atoms. The fourth-order valence-electron chi connectivity index (χ4n) is 3.58. The van der Waals surface area contributed by atoms with Crippen LogP contribution in [0.4, 0.5) is 23.4 Å². The quantitative estimate of drug-likeness (QED) is 0.471. The van der Waals surface area contributed by atoms with Crippen molar-refractivity contribution in [3.63, 3.8) is 0 Å². The molecule has 0 aliphatic carbocycles. The summed E-state index contributed by atoms with van der Waals surface area (Å²) in [5, 5.41) is 15.4. The maximum atomic E-state index is 14.2. The van der Waals surface area contributed by atoms with Crippen molar-refractivity contribution < 1.29 is 22.4 Å². The minimum Gasteiger partial charge on any atom is -0.308 e. The SMILES string of the molecule is CC1(C)C(=O)Nc2nc(-c3nn(Cc4ccccc4F)c4nc(C(F)(F)F)ccc34)nnc21. The number of anilines is 1. The van der Waals surface area contributed by atoms with Crippen LogP contribution in [0.5, 0.6) is 0 Å². The largest absolute Gasteiger partial charge is 0.433 e. The summed E-state index contributed by atoms with van der Waals surface area (Å²) in [4.78, 5) is 20.2. The van der Waals surface area contributed by atoms with E-state index in [1.807, 2.05) is 0 Å². The van der Waals surface area contributed by atoms with E-state index in [1.54, 1.807) is 19.9 Å². The van der Waals surface area contributed by atoms with Crippen molar-refractivity contribution in [3.8, 4) is 11.5 Å². The lowest BCUT2D eigenvalue weighted by molar-refractivity contribution is -0.141. The summed E-state index contributed by atoms with van der Waals surface area (Å²) in [6.07, 6.45) is -4.68. The Bertz CT molecular complexity index is 1430. The average molecular weight is 457 g/mol. The first-order valence-corrected chi connectivity index (χ1v) is 9.81. The highest BCUT2D eigenvalue weighted by atomic mass is 19.4. The first-order chi connectivity index (χ1) is 15.6. The van der Waals surface area contributed by atoms with Gasteiger partial charge >= 0.3 is 6.18 Å². The van der Waals surface area contributed by atoms with Crippen LogP contribution >= 0.6 is 0 Å². The summed E-state index contributed by atoms with van der Waals surface area (Å²) < 4.78 is 55.3. The number of rotatable bonds is 3. The third kappa shape index (κ3) is 3.38. The summed E-state index contributed by atoms with van der Waals surface area (Å²) in [6.45, 7) is 3.18. The number of alkyl halides is 3. The van der Waals surface area contributed by atoms with Crippen LogP contribution in [0.3, 0.4) is 0 Å². The number of carbonyl (C=O) groups excluding carboxylic acids is 1. The van der Waals surface area contributed by atoms with Crippen LogP contribution in [0.15, 0.2) is 36.4 Å². The van der Waals surface area contributed by atoms with Crippen LogP contribution in [0, 0.1) is 5.82 Å². The Kier molecular flexibility index (Phi) is 4.45. The van der Waals surface area contributed by atoms with Gasteiger partial charge in [-0.05, 0) is 32.0 Å². The van der Waals surface area contributed by atoms with E-state index in [9.17, 15) is 22.4 Å². The molecule has 0 saturated heterocycles. The molecule has 1 aliphatic heterocycles. The number of benzene rings is 1. The number of halogens is 4. The molecule has 1 N–H and O–H groups in total. The van der Waals surface area contributed by atoms with Gasteiger partial charge in [0.25, 0.3) is 0 Å². The Hall–Kier alpha value is -3.96. The zero-order chi connectivity index (χ0) is 23.5. The molecule has 8 nitrogen and oxygen atoms in total. The fraction of sp³-hybridized carbons (Fsp3) is 0.238. The van der Waals surface area contributed by atoms with E-state index in [-0.39, 0.29) is 46.4 Å². The molecule has 0 atom stereocenters. The Morgan fingerprint density at radius 2 is 1.82 bits per heavy atom. The van der Waals surface area contributed by atoms with Crippen molar-refractivity contribution in [1.82, 2.24) is 29.9 Å². The van der Waals surface area contributed by atoms with Crippen molar-refractivity contribution in [2.24, 2.45) is 0 Å². The van der Waals surface area contributed by atoms with Crippen molar-refractivity contribution in [1.29, 1.82) is 0 Å². The van der Waals surface area contributed by atoms with Crippen LogP contribution in [-0.4, -0.2) is 35.9 Å². The van der Waals surface area contributed by atoms with Gasteiger partial charge in [0, 0.05) is 5.56 Å². The van der Waals surface area contributed by atoms with Crippen molar-refractivity contribution >= 4 is 22.8 Å². The number of nitrogens with zero attached hydrogens (tertiary/aromatic N) is 6. The number of nitrogens with one attached hydrogen (secondary N) is 1. The third-order valence-electron chi connectivity index (χ3n) is 5.45. The molecule has 0 saturated carbocycles. The van der Waals surface area contributed by atoms with Gasteiger partial charge in [-0.1, -0.05) is 18.2 Å². The zero-order valence-corrected chi connectivity index (χ0v) is 17.3. The molecule has 0 radical (unpaired) electrons. The smallest absolute Gasteiger partial charge is 0.308 e. The third-order valence-corrected chi connectivity index (χ3v) is 5.45. The predicted molar refractivity (Wildman–Crippen MR) is 109 cm³/mol. The van der Waals surface area contributed by atoms with Crippen molar-refractivity contribution in [2.75, 3.05) is 5.32 Å². The molecule has 12 heteroatoms. The van der Waals surface area contributed by atoms with Gasteiger partial charge in [0.15, 0.2) is 11.5 Å². The summed E-state index contributed by atoms with van der Waals surface area (Å²) in [7, 11) is 0. The monoisotopic (exact) mass is 457 g/mol. The van der Waals surface area contributed by atoms with E-state index in [4.69, 9.17) is 0 Å². The van der Waals surface area contributed by atoms with E-state index in [0.717, 1.165) is 10.7 Å². The van der Waals surface area contributed by atoms with E-state index in [0.29, 0.717) is 5.69 Å². The predicted octanol–water partition coefficient (Wildman–Crippen LogP) is 3.72. The van der Waals surface area contributed by atoms with Crippen molar-refractivity contribution in [2.45, 2.75) is 32.0 Å². The number of aromatic nitrogens is 6. The van der Waals surface area contributed by atoms with Gasteiger partial charge < -0.3 is 5.32 Å². The second-order valence-electron chi connectivity index (χ2n) is 8.07. The Labute approximate surface area is 183 Å². The van der Waals surface area contributed by atoms with E-state index in [2.05, 4.69) is 30.6 Å². The Balaban J connectivity index is 1.68. The van der Waals surface area contributed by atoms with Gasteiger partial charge in [0.2, 0.25) is 11.7 Å². The van der Waals surface area contributed by atoms with Gasteiger partial charge in [-0.2, -0.15) is 18.3 Å². The molecule has 4 heterocycles. The van der Waals surface area contributed by atoms with E-state index in [1.165, 1.54) is 24.3 Å². The zero-order valence-electron chi connectivity index (χ0n) is 17.3. The number of hydrogen-bond donors (Lipinski definition) is 1. The lowest BCUT2D eigenvalue weighted by atomic mass is 9.91. The van der Waals surface area contributed by atoms with Crippen LogP contribution in [0.25, 0.3) is 22.6 Å². The molecule has 0 unspecified atom stereocenters. The number of fused-ring (bicyclic) bond motifs is 2. The van der Waals surface area contributed by atoms with Gasteiger partial charge in [0.05, 0.1) is 17.3 Å². The summed E-state index contributed by atoms with van der Waals surface area (Å²) in [6, 6.07) is 7.90. The highest BCUT2D eigenvalue weighted by Crippen LogP contribution is 2.36. The Morgan fingerprint density at radius 1 is 1.06 bits per heavy atom. The number of amides is 1. The molecular formula is C21H15F4N7O. The molecule has 1 amide bonds. The lowest BCUT2D eigenvalue weighted by Crippen LogP contribution is -2.27. The normalized spacial score (nSPS) is 15.0. The van der Waals surface area contributed by atoms with Crippen LogP contribution in [-0.2, 0) is 22.9 Å². The van der Waals surface area contributed by atoms with Gasteiger partial charge in [0.1, 0.15) is 22.9 Å². The van der Waals surface area contributed by atoms with Gasteiger partial charge in [-0.25, -0.2) is 19.0 Å². The van der Waals surface area contributed by atoms with Crippen LogP contribution in [0.2, 0.25) is 0 Å². The lowest BCUT2D eigenvalue weighted by Gasteiger charge is -2.11. The maximum Gasteiger partial charge on any atom is 0.433 e. The molecular weight excluding hydrogens is 442 g/mol. The van der Waals surface area contributed by atoms with Gasteiger partial charge in [-0.15, -0.1) is 10.2 Å². The molecule has 0 fully saturated rings. The second kappa shape index (κ2) is 7.02. The van der Waals surface area contributed by atoms with Crippen LogP contribution in [0.1, 0.15) is 30.8 Å². The minimum absolute atomic E-state index is 0.00871. The first kappa shape index (κ1) is 20.9. The summed E-state index contributed by atoms with van der Waals surface area (Å²) in [5.74, 6) is -0.643. The molecule has 1 aliphatic rings. The summed E-state index contributed by atoms with van der Waals surface area (Å²) in [5.41, 5.74) is -1.48. The average Bonchev–Trinajstić information content (AvgIpc) is 3.22. The molecule has 0 spiro atoms. The van der Waals surface area contributed by atoms with Gasteiger partial charge in [-0.3, -0.25) is 4.79 Å². The van der Waals surface area contributed by atoms with Crippen molar-refractivity contribution in [3.05, 3.63) is 59.2 Å². The highest BCUT2D eigenvalue weighted by Gasteiger charge is 2.42. The molecule has 3 aromatic heterocycles. The van der Waals surface area contributed by atoms with E-state index >= 15 is 0 Å². The number of pyridine rings is 1. The fourth-order valence-corrected chi connectivity index (χ4v) is 3.58. The molecule has 168 valence electrons. The Morgan fingerprint density at radius 3 is 2.55 bits per heavy atom. The minimum atomic E-state index is -4.68. The summed E-state index contributed by atoms with van der Waals surface area (Å²) >= 11 is 0.